The van der Waals surface area contributed by atoms with Crippen molar-refractivity contribution in [3.05, 3.63) is 47.5 Å². The maximum atomic E-state index is 8.88. The molecule has 1 aromatic heterocycles. The first-order valence-corrected chi connectivity index (χ1v) is 4.40. The summed E-state index contributed by atoms with van der Waals surface area (Å²) in [5.74, 6) is 0. The van der Waals surface area contributed by atoms with Crippen molar-refractivity contribution < 1.29 is 0 Å². The molecule has 0 saturated heterocycles. The summed E-state index contributed by atoms with van der Waals surface area (Å²) in [7, 11) is 0. The van der Waals surface area contributed by atoms with Gasteiger partial charge in [-0.05, 0) is 30.7 Å². The number of rotatable bonds is 0. The van der Waals surface area contributed by atoms with Crippen LogP contribution in [0.2, 0.25) is 5.02 Å². The number of hydrogen-bond acceptors (Lipinski definition) is 2. The highest BCUT2D eigenvalue weighted by molar-refractivity contribution is 6.31. The molecule has 67 valence electrons. The van der Waals surface area contributed by atoms with Crippen LogP contribution in [0, 0.1) is 18.3 Å². The normalized spacial score (nSPS) is 10.1. The summed E-state index contributed by atoms with van der Waals surface area (Å²) in [5, 5.41) is 10.3. The van der Waals surface area contributed by atoms with Gasteiger partial charge in [0, 0.05) is 11.6 Å². The second-order valence-corrected chi connectivity index (χ2v) is 3.42. The van der Waals surface area contributed by atoms with Crippen LogP contribution in [-0.4, -0.2) is 4.98 Å². The molecule has 0 aliphatic carbocycles. The van der Waals surface area contributed by atoms with Crippen LogP contribution in [0.5, 0.6) is 0 Å². The number of nitrogens with zero attached hydrogens (tertiary/aromatic N) is 2. The highest BCUT2D eigenvalue weighted by atomic mass is 35.5. The zero-order valence-corrected chi connectivity index (χ0v) is 8.04. The van der Waals surface area contributed by atoms with Gasteiger partial charge in [-0.15, -0.1) is 0 Å². The maximum Gasteiger partial charge on any atom is 0.101 e. The number of fused-ring (bicyclic) bond motifs is 1. The summed E-state index contributed by atoms with van der Waals surface area (Å²) in [6, 6.07) is 7.43. The Morgan fingerprint density at radius 1 is 1.36 bits per heavy atom. The average molecular weight is 202 g/mol. The Bertz CT molecular complexity index is 535. The van der Waals surface area contributed by atoms with Crippen LogP contribution in [0.3, 0.4) is 0 Å². The lowest BCUT2D eigenvalue weighted by atomic mass is 10.1. The molecule has 0 amide bonds. The molecular weight excluding hydrogens is 196 g/mol. The molecule has 2 aromatic rings. The van der Waals surface area contributed by atoms with Crippen LogP contribution < -0.4 is 0 Å². The SMILES string of the molecule is [CH2]c1cc(C#N)c2ncc(Cl)cc2c1. The van der Waals surface area contributed by atoms with E-state index in [2.05, 4.69) is 18.0 Å². The predicted molar refractivity (Wildman–Crippen MR) is 55.9 cm³/mol. The minimum Gasteiger partial charge on any atom is -0.253 e. The molecule has 1 heterocycles. The molecule has 0 fully saturated rings. The predicted octanol–water partition coefficient (Wildman–Crippen LogP) is 2.94. The van der Waals surface area contributed by atoms with E-state index in [0.717, 1.165) is 10.9 Å². The summed E-state index contributed by atoms with van der Waals surface area (Å²) in [6.07, 6.45) is 1.54. The monoisotopic (exact) mass is 201 g/mol. The minimum atomic E-state index is 0.532. The number of aromatic nitrogens is 1. The number of pyridine rings is 1. The second kappa shape index (κ2) is 3.28. The van der Waals surface area contributed by atoms with Crippen molar-refractivity contribution in [3.63, 3.8) is 0 Å². The molecule has 0 unspecified atom stereocenters. The van der Waals surface area contributed by atoms with Gasteiger partial charge in [0.1, 0.15) is 6.07 Å². The fourth-order valence-electron chi connectivity index (χ4n) is 1.37. The van der Waals surface area contributed by atoms with E-state index in [4.69, 9.17) is 16.9 Å². The molecule has 2 rings (SSSR count). The van der Waals surface area contributed by atoms with Crippen molar-refractivity contribution in [2.45, 2.75) is 0 Å². The molecule has 14 heavy (non-hydrogen) atoms. The van der Waals surface area contributed by atoms with Gasteiger partial charge in [-0.3, -0.25) is 4.98 Å². The van der Waals surface area contributed by atoms with E-state index in [1.165, 1.54) is 6.20 Å². The smallest absolute Gasteiger partial charge is 0.101 e. The number of halogens is 1. The van der Waals surface area contributed by atoms with Crippen molar-refractivity contribution in [3.8, 4) is 6.07 Å². The molecule has 0 spiro atoms. The quantitative estimate of drug-likeness (QED) is 0.657. The third-order valence-corrected chi connectivity index (χ3v) is 2.14. The van der Waals surface area contributed by atoms with Crippen molar-refractivity contribution in [2.75, 3.05) is 0 Å². The lowest BCUT2D eigenvalue weighted by molar-refractivity contribution is 1.38. The molecular formula is C11H6ClN2. The lowest BCUT2D eigenvalue weighted by Crippen LogP contribution is -1.86. The Kier molecular flexibility index (Phi) is 2.11. The molecule has 2 nitrogen and oxygen atoms in total. The molecule has 3 heteroatoms. The van der Waals surface area contributed by atoms with Crippen LogP contribution in [0.4, 0.5) is 0 Å². The van der Waals surface area contributed by atoms with Crippen molar-refractivity contribution >= 4 is 22.5 Å². The summed E-state index contributed by atoms with van der Waals surface area (Å²) < 4.78 is 0. The third kappa shape index (κ3) is 1.43. The van der Waals surface area contributed by atoms with E-state index in [9.17, 15) is 0 Å². The Morgan fingerprint density at radius 2 is 2.14 bits per heavy atom. The molecule has 0 aliphatic heterocycles. The van der Waals surface area contributed by atoms with Crippen LogP contribution in [0.1, 0.15) is 11.1 Å². The molecule has 0 aliphatic rings. The summed E-state index contributed by atoms with van der Waals surface area (Å²) >= 11 is 5.80. The van der Waals surface area contributed by atoms with Crippen LogP contribution >= 0.6 is 11.6 Å². The fraction of sp³-hybridized carbons (Fsp3) is 0. The Labute approximate surface area is 86.8 Å². The maximum absolute atomic E-state index is 8.88. The first kappa shape index (κ1) is 8.98. The Hall–Kier alpha value is -1.59. The van der Waals surface area contributed by atoms with Crippen LogP contribution in [0.25, 0.3) is 10.9 Å². The number of hydrogen-bond donors (Lipinski definition) is 0. The highest BCUT2D eigenvalue weighted by Gasteiger charge is 2.03. The average Bonchev–Trinajstić information content (AvgIpc) is 2.15. The third-order valence-electron chi connectivity index (χ3n) is 1.93. The standard InChI is InChI=1S/C11H6ClN2/c1-7-2-8-4-10(12)6-14-11(8)9(3-7)5-13/h2-4,6H,1H2. The first-order valence-electron chi connectivity index (χ1n) is 4.02. The summed E-state index contributed by atoms with van der Waals surface area (Å²) in [5.41, 5.74) is 1.99. The van der Waals surface area contributed by atoms with Gasteiger partial charge in [0.15, 0.2) is 0 Å². The molecule has 0 saturated carbocycles. The van der Waals surface area contributed by atoms with Gasteiger partial charge in [-0.1, -0.05) is 11.6 Å². The Morgan fingerprint density at radius 3 is 2.86 bits per heavy atom. The number of benzene rings is 1. The van der Waals surface area contributed by atoms with Crippen molar-refractivity contribution in [2.24, 2.45) is 0 Å². The van der Waals surface area contributed by atoms with Crippen LogP contribution in [0.15, 0.2) is 24.4 Å². The molecule has 1 aromatic carbocycles. The van der Waals surface area contributed by atoms with Gasteiger partial charge in [0.25, 0.3) is 0 Å². The topological polar surface area (TPSA) is 36.7 Å². The Balaban J connectivity index is 2.89. The van der Waals surface area contributed by atoms with Gasteiger partial charge >= 0.3 is 0 Å². The zero-order valence-electron chi connectivity index (χ0n) is 7.29. The van der Waals surface area contributed by atoms with E-state index >= 15 is 0 Å². The van der Waals surface area contributed by atoms with Gasteiger partial charge in [-0.25, -0.2) is 0 Å². The minimum absolute atomic E-state index is 0.532. The largest absolute Gasteiger partial charge is 0.253 e. The summed E-state index contributed by atoms with van der Waals surface area (Å²) in [4.78, 5) is 4.11. The van der Waals surface area contributed by atoms with Gasteiger partial charge < -0.3 is 0 Å². The molecule has 1 radical (unpaired) electrons. The second-order valence-electron chi connectivity index (χ2n) is 2.98. The van der Waals surface area contributed by atoms with Crippen LogP contribution in [-0.2, 0) is 0 Å². The van der Waals surface area contributed by atoms with E-state index < -0.39 is 0 Å². The fourth-order valence-corrected chi connectivity index (χ4v) is 1.54. The van der Waals surface area contributed by atoms with Gasteiger partial charge in [0.05, 0.1) is 16.1 Å². The highest BCUT2D eigenvalue weighted by Crippen LogP contribution is 2.21. The van der Waals surface area contributed by atoms with E-state index in [1.807, 2.05) is 6.07 Å². The zero-order chi connectivity index (χ0) is 10.1. The molecule has 0 atom stereocenters. The van der Waals surface area contributed by atoms with E-state index in [-0.39, 0.29) is 0 Å². The molecule has 0 bridgehead atoms. The summed E-state index contributed by atoms with van der Waals surface area (Å²) in [6.45, 7) is 3.79. The first-order chi connectivity index (χ1) is 6.70. The van der Waals surface area contributed by atoms with Crippen molar-refractivity contribution in [1.29, 1.82) is 5.26 Å². The van der Waals surface area contributed by atoms with Gasteiger partial charge in [-0.2, -0.15) is 5.26 Å². The number of nitriles is 1. The van der Waals surface area contributed by atoms with E-state index in [1.54, 1.807) is 12.1 Å². The van der Waals surface area contributed by atoms with Gasteiger partial charge in [0.2, 0.25) is 0 Å². The van der Waals surface area contributed by atoms with E-state index in [0.29, 0.717) is 16.1 Å². The lowest BCUT2D eigenvalue weighted by Gasteiger charge is -2.01. The van der Waals surface area contributed by atoms with Crippen molar-refractivity contribution in [1.82, 2.24) is 4.98 Å². The molecule has 0 N–H and O–H groups in total.